The van der Waals surface area contributed by atoms with Gasteiger partial charge in [0.25, 0.3) is 5.91 Å². The number of carbonyl (C=O) groups excluding carboxylic acids is 3. The fourth-order valence-electron chi connectivity index (χ4n) is 3.44. The molecule has 0 radical (unpaired) electrons. The Morgan fingerprint density at radius 2 is 1.87 bits per heavy atom. The van der Waals surface area contributed by atoms with Gasteiger partial charge in [0.1, 0.15) is 5.58 Å². The predicted octanol–water partition coefficient (Wildman–Crippen LogP) is 2.71. The van der Waals surface area contributed by atoms with Gasteiger partial charge in [-0.3, -0.25) is 14.4 Å². The van der Waals surface area contributed by atoms with E-state index in [0.29, 0.717) is 16.8 Å². The van der Waals surface area contributed by atoms with Gasteiger partial charge < -0.3 is 19.4 Å². The summed E-state index contributed by atoms with van der Waals surface area (Å²) in [6.45, 7) is 1.17. The van der Waals surface area contributed by atoms with Crippen LogP contribution in [0.5, 0.6) is 0 Å². The molecule has 2 aromatic carbocycles. The van der Waals surface area contributed by atoms with Gasteiger partial charge in [0, 0.05) is 18.5 Å². The van der Waals surface area contributed by atoms with Gasteiger partial charge in [0.15, 0.2) is 12.0 Å². The van der Waals surface area contributed by atoms with Crippen molar-refractivity contribution >= 4 is 40.1 Å². The van der Waals surface area contributed by atoms with Crippen molar-refractivity contribution in [1.29, 1.82) is 0 Å². The van der Waals surface area contributed by atoms with Gasteiger partial charge in [-0.1, -0.05) is 24.3 Å². The Bertz CT molecular complexity index is 1220. The van der Waals surface area contributed by atoms with Gasteiger partial charge >= 0.3 is 5.97 Å². The number of amides is 2. The van der Waals surface area contributed by atoms with Gasteiger partial charge in [-0.25, -0.2) is 4.79 Å². The minimum absolute atomic E-state index is 0.105. The van der Waals surface area contributed by atoms with Crippen LogP contribution in [-0.4, -0.2) is 30.4 Å². The van der Waals surface area contributed by atoms with Crippen LogP contribution in [0.2, 0.25) is 0 Å². The van der Waals surface area contributed by atoms with Crippen molar-refractivity contribution in [3.05, 3.63) is 70.6 Å². The van der Waals surface area contributed by atoms with Crippen LogP contribution in [-0.2, 0) is 14.3 Å². The lowest BCUT2D eigenvalue weighted by Gasteiger charge is -2.27. The van der Waals surface area contributed by atoms with E-state index < -0.39 is 24.5 Å². The number of hydrogen-bond donors (Lipinski definition) is 1. The molecule has 0 bridgehead atoms. The lowest BCUT2D eigenvalue weighted by molar-refractivity contribution is -0.122. The second-order valence-corrected chi connectivity index (χ2v) is 6.93. The highest BCUT2D eigenvalue weighted by atomic mass is 16.5. The molecule has 2 heterocycles. The highest BCUT2D eigenvalue weighted by molar-refractivity contribution is 6.05. The van der Waals surface area contributed by atoms with E-state index in [1.807, 2.05) is 0 Å². The van der Waals surface area contributed by atoms with E-state index in [1.54, 1.807) is 55.5 Å². The lowest BCUT2D eigenvalue weighted by Crippen LogP contribution is -2.41. The molecule has 1 N–H and O–H groups in total. The van der Waals surface area contributed by atoms with Crippen LogP contribution >= 0.6 is 0 Å². The number of esters is 1. The molecule has 0 saturated heterocycles. The molecule has 1 aromatic heterocycles. The number of para-hydroxylation sites is 3. The smallest absolute Gasteiger partial charge is 0.374 e. The second kappa shape index (κ2) is 7.82. The Balaban J connectivity index is 1.54. The summed E-state index contributed by atoms with van der Waals surface area (Å²) in [4.78, 5) is 50.9. The topological polar surface area (TPSA) is 106 Å². The molecule has 1 aliphatic rings. The number of hydrogen-bond acceptors (Lipinski definition) is 6. The molecule has 8 nitrogen and oxygen atoms in total. The fourth-order valence-corrected chi connectivity index (χ4v) is 3.44. The van der Waals surface area contributed by atoms with Crippen LogP contribution in [0.3, 0.4) is 0 Å². The van der Waals surface area contributed by atoms with E-state index in [2.05, 4.69) is 5.32 Å². The number of anilines is 2. The maximum absolute atomic E-state index is 12.9. The first-order valence-electron chi connectivity index (χ1n) is 9.35. The Morgan fingerprint density at radius 1 is 1.13 bits per heavy atom. The van der Waals surface area contributed by atoms with Crippen LogP contribution < -0.4 is 15.6 Å². The fraction of sp³-hybridized carbons (Fsp3) is 0.182. The summed E-state index contributed by atoms with van der Waals surface area (Å²) >= 11 is 0. The van der Waals surface area contributed by atoms with Gasteiger partial charge in [-0.05, 0) is 31.2 Å². The number of carbonyl (C=O) groups is 3. The molecular formula is C22H18N2O6. The van der Waals surface area contributed by atoms with E-state index in [-0.39, 0.29) is 29.1 Å². The molecular weight excluding hydrogens is 388 g/mol. The Labute approximate surface area is 171 Å². The highest BCUT2D eigenvalue weighted by Gasteiger charge is 2.30. The second-order valence-electron chi connectivity index (χ2n) is 6.93. The third-order valence-electron chi connectivity index (χ3n) is 4.79. The molecule has 1 atom stereocenters. The van der Waals surface area contributed by atoms with E-state index in [9.17, 15) is 19.2 Å². The molecule has 30 heavy (non-hydrogen) atoms. The van der Waals surface area contributed by atoms with Crippen LogP contribution in [0, 0.1) is 0 Å². The molecule has 8 heteroatoms. The van der Waals surface area contributed by atoms with Crippen molar-refractivity contribution in [3.63, 3.8) is 0 Å². The van der Waals surface area contributed by atoms with Crippen LogP contribution in [0.15, 0.2) is 63.8 Å². The molecule has 152 valence electrons. The summed E-state index contributed by atoms with van der Waals surface area (Å²) in [5, 5.41) is 3.11. The summed E-state index contributed by atoms with van der Waals surface area (Å²) in [5.74, 6) is -1.91. The average Bonchev–Trinajstić information content (AvgIpc) is 2.85. The number of ether oxygens (including phenoxy) is 1. The van der Waals surface area contributed by atoms with E-state index >= 15 is 0 Å². The molecule has 3 aromatic rings. The maximum atomic E-state index is 12.9. The van der Waals surface area contributed by atoms with Crippen molar-refractivity contribution in [2.45, 2.75) is 19.4 Å². The third kappa shape index (κ3) is 3.67. The summed E-state index contributed by atoms with van der Waals surface area (Å²) < 4.78 is 10.5. The van der Waals surface area contributed by atoms with Crippen molar-refractivity contribution < 1.29 is 23.5 Å². The SMILES string of the molecule is C[C@@H]1CC(=O)Nc2ccccc2N1C(=O)COC(=O)c1cc(=O)c2ccccc2o1. The summed E-state index contributed by atoms with van der Waals surface area (Å²) in [7, 11) is 0. The molecule has 1 aliphatic heterocycles. The zero-order valence-electron chi connectivity index (χ0n) is 16.1. The molecule has 4 rings (SSSR count). The molecule has 0 unspecified atom stereocenters. The first-order chi connectivity index (χ1) is 14.4. The van der Waals surface area contributed by atoms with Crippen molar-refractivity contribution in [3.8, 4) is 0 Å². The van der Waals surface area contributed by atoms with Crippen LogP contribution in [0.4, 0.5) is 11.4 Å². The zero-order chi connectivity index (χ0) is 21.3. The van der Waals surface area contributed by atoms with Gasteiger partial charge in [0.2, 0.25) is 11.7 Å². The minimum atomic E-state index is -0.920. The lowest BCUT2D eigenvalue weighted by atomic mass is 10.1. The molecule has 0 spiro atoms. The number of fused-ring (bicyclic) bond motifs is 2. The number of benzene rings is 2. The van der Waals surface area contributed by atoms with E-state index in [1.165, 1.54) is 4.90 Å². The standard InChI is InChI=1S/C22H18N2O6/c1-13-10-20(26)23-15-7-3-4-8-16(15)24(13)21(27)12-29-22(28)19-11-17(25)14-6-2-5-9-18(14)30-19/h2-9,11,13H,10,12H2,1H3,(H,23,26)/t13-/m1/s1. The number of nitrogens with one attached hydrogen (secondary N) is 1. The van der Waals surface area contributed by atoms with Crippen LogP contribution in [0.25, 0.3) is 11.0 Å². The zero-order valence-corrected chi connectivity index (χ0v) is 16.1. The van der Waals surface area contributed by atoms with Gasteiger partial charge in [0.05, 0.1) is 16.8 Å². The van der Waals surface area contributed by atoms with Crippen molar-refractivity contribution in [2.24, 2.45) is 0 Å². The maximum Gasteiger partial charge on any atom is 0.374 e. The summed E-state index contributed by atoms with van der Waals surface area (Å²) in [6, 6.07) is 14.0. The van der Waals surface area contributed by atoms with Crippen molar-refractivity contribution in [1.82, 2.24) is 0 Å². The number of rotatable bonds is 3. The quantitative estimate of drug-likeness (QED) is 0.671. The largest absolute Gasteiger partial charge is 0.450 e. The predicted molar refractivity (Wildman–Crippen MR) is 109 cm³/mol. The Morgan fingerprint density at radius 3 is 2.70 bits per heavy atom. The Kier molecular flexibility index (Phi) is 5.05. The minimum Gasteiger partial charge on any atom is -0.450 e. The van der Waals surface area contributed by atoms with Gasteiger partial charge in [-0.2, -0.15) is 0 Å². The molecule has 0 saturated carbocycles. The normalized spacial score (nSPS) is 15.8. The average molecular weight is 406 g/mol. The van der Waals surface area contributed by atoms with Crippen molar-refractivity contribution in [2.75, 3.05) is 16.8 Å². The highest BCUT2D eigenvalue weighted by Crippen LogP contribution is 2.31. The van der Waals surface area contributed by atoms with Gasteiger partial charge in [-0.15, -0.1) is 0 Å². The summed E-state index contributed by atoms with van der Waals surface area (Å²) in [5.41, 5.74) is 0.902. The van der Waals surface area contributed by atoms with E-state index in [4.69, 9.17) is 9.15 Å². The van der Waals surface area contributed by atoms with E-state index in [0.717, 1.165) is 6.07 Å². The Hall–Kier alpha value is -3.94. The van der Waals surface area contributed by atoms with Crippen LogP contribution in [0.1, 0.15) is 23.9 Å². The first-order valence-corrected chi connectivity index (χ1v) is 9.35. The molecule has 0 fully saturated rings. The third-order valence-corrected chi connectivity index (χ3v) is 4.79. The molecule has 0 aliphatic carbocycles. The molecule has 2 amide bonds. The summed E-state index contributed by atoms with van der Waals surface area (Å²) in [6.07, 6.45) is 0.105. The number of nitrogens with zero attached hydrogens (tertiary/aromatic N) is 1. The first kappa shape index (κ1) is 19.4. The monoisotopic (exact) mass is 406 g/mol.